The Kier molecular flexibility index (Phi) is 4.05. The lowest BCUT2D eigenvalue weighted by Gasteiger charge is -2.32. The van der Waals surface area contributed by atoms with Crippen molar-refractivity contribution in [2.75, 3.05) is 14.2 Å². The van der Waals surface area contributed by atoms with Gasteiger partial charge in [0, 0.05) is 0 Å². The van der Waals surface area contributed by atoms with Gasteiger partial charge >= 0.3 is 7.12 Å². The van der Waals surface area contributed by atoms with Crippen molar-refractivity contribution in [3.63, 3.8) is 0 Å². The summed E-state index contributed by atoms with van der Waals surface area (Å²) < 4.78 is 23.6. The summed E-state index contributed by atoms with van der Waals surface area (Å²) in [4.78, 5) is 0. The second kappa shape index (κ2) is 5.68. The molecule has 0 saturated carbocycles. The van der Waals surface area contributed by atoms with Crippen molar-refractivity contribution < 1.29 is 18.8 Å². The topological polar surface area (TPSA) is 36.9 Å². The molecule has 4 nitrogen and oxygen atoms in total. The summed E-state index contributed by atoms with van der Waals surface area (Å²) in [7, 11) is 2.92. The molecule has 1 aliphatic heterocycles. The van der Waals surface area contributed by atoms with Crippen molar-refractivity contribution in [2.24, 2.45) is 0 Å². The number of fused-ring (bicyclic) bond motifs is 1. The summed E-state index contributed by atoms with van der Waals surface area (Å²) >= 11 is 0. The fraction of sp³-hybridized carbons (Fsp3) is 0.474. The van der Waals surface area contributed by atoms with Crippen molar-refractivity contribution in [3.8, 4) is 11.5 Å². The summed E-state index contributed by atoms with van der Waals surface area (Å²) in [5, 5.41) is 1.97. The molecule has 1 heterocycles. The van der Waals surface area contributed by atoms with Gasteiger partial charge in [0.15, 0.2) is 0 Å². The highest BCUT2D eigenvalue weighted by Crippen LogP contribution is 2.39. The van der Waals surface area contributed by atoms with E-state index in [-0.39, 0.29) is 11.2 Å². The van der Waals surface area contributed by atoms with Gasteiger partial charge in [-0.05, 0) is 63.2 Å². The van der Waals surface area contributed by atoms with Crippen molar-refractivity contribution in [1.29, 1.82) is 0 Å². The molecule has 0 unspecified atom stereocenters. The van der Waals surface area contributed by atoms with E-state index in [1.807, 2.05) is 18.2 Å². The fourth-order valence-electron chi connectivity index (χ4n) is 3.08. The largest absolute Gasteiger partial charge is 0.496 e. The van der Waals surface area contributed by atoms with E-state index in [9.17, 15) is 0 Å². The van der Waals surface area contributed by atoms with Crippen LogP contribution in [0.1, 0.15) is 33.3 Å². The summed E-state index contributed by atoms with van der Waals surface area (Å²) in [5.41, 5.74) is 1.35. The second-order valence-electron chi connectivity index (χ2n) is 7.34. The molecular weight excluding hydrogens is 303 g/mol. The van der Waals surface area contributed by atoms with E-state index in [0.717, 1.165) is 33.3 Å². The quantitative estimate of drug-likeness (QED) is 0.809. The van der Waals surface area contributed by atoms with E-state index in [0.29, 0.717) is 0 Å². The highest BCUT2D eigenvalue weighted by Gasteiger charge is 2.52. The van der Waals surface area contributed by atoms with E-state index < -0.39 is 7.12 Å². The third kappa shape index (κ3) is 2.56. The van der Waals surface area contributed by atoms with Crippen molar-refractivity contribution >= 4 is 23.4 Å². The van der Waals surface area contributed by atoms with Crippen LogP contribution in [0.5, 0.6) is 11.5 Å². The lowest BCUT2D eigenvalue weighted by Crippen LogP contribution is -2.41. The molecule has 0 bridgehead atoms. The first kappa shape index (κ1) is 17.1. The molecular formula is C19H25BO4. The average Bonchev–Trinajstić information content (AvgIpc) is 2.73. The first-order valence-corrected chi connectivity index (χ1v) is 8.21. The van der Waals surface area contributed by atoms with E-state index in [1.54, 1.807) is 14.2 Å². The van der Waals surface area contributed by atoms with Crippen LogP contribution in [0.3, 0.4) is 0 Å². The predicted octanol–water partition coefficient (Wildman–Crippen LogP) is 3.46. The van der Waals surface area contributed by atoms with Gasteiger partial charge in [-0.25, -0.2) is 0 Å². The van der Waals surface area contributed by atoms with Crippen LogP contribution in [0, 0.1) is 6.92 Å². The maximum absolute atomic E-state index is 6.24. The Bertz CT molecular complexity index is 767. The number of benzene rings is 2. The van der Waals surface area contributed by atoms with Crippen LogP contribution in [0.15, 0.2) is 24.3 Å². The molecule has 1 saturated heterocycles. The Hall–Kier alpha value is -1.72. The van der Waals surface area contributed by atoms with E-state index in [2.05, 4.69) is 40.7 Å². The van der Waals surface area contributed by atoms with Crippen LogP contribution in [0.4, 0.5) is 0 Å². The van der Waals surface area contributed by atoms with E-state index in [1.165, 1.54) is 0 Å². The van der Waals surface area contributed by atoms with Crippen molar-refractivity contribution in [1.82, 2.24) is 0 Å². The van der Waals surface area contributed by atoms with Gasteiger partial charge in [-0.2, -0.15) is 0 Å². The van der Waals surface area contributed by atoms with E-state index >= 15 is 0 Å². The minimum Gasteiger partial charge on any atom is -0.496 e. The zero-order chi connectivity index (χ0) is 17.7. The zero-order valence-electron chi connectivity index (χ0n) is 15.5. The highest BCUT2D eigenvalue weighted by atomic mass is 16.7. The smallest absolute Gasteiger partial charge is 0.495 e. The van der Waals surface area contributed by atoms with Gasteiger partial charge in [-0.1, -0.05) is 12.1 Å². The third-order valence-corrected chi connectivity index (χ3v) is 5.17. The molecule has 0 spiro atoms. The number of rotatable bonds is 3. The Morgan fingerprint density at radius 2 is 1.46 bits per heavy atom. The van der Waals surface area contributed by atoms with Gasteiger partial charge in [-0.3, -0.25) is 0 Å². The molecule has 3 rings (SSSR count). The van der Waals surface area contributed by atoms with Crippen LogP contribution in [-0.2, 0) is 9.31 Å². The van der Waals surface area contributed by atoms with Gasteiger partial charge in [0.1, 0.15) is 11.5 Å². The minimum absolute atomic E-state index is 0.377. The molecule has 0 aliphatic carbocycles. The number of hydrogen-bond acceptors (Lipinski definition) is 4. The zero-order valence-corrected chi connectivity index (χ0v) is 15.5. The number of methoxy groups -OCH3 is 2. The van der Waals surface area contributed by atoms with Crippen LogP contribution < -0.4 is 14.9 Å². The van der Waals surface area contributed by atoms with Crippen molar-refractivity contribution in [2.45, 2.75) is 45.8 Å². The highest BCUT2D eigenvalue weighted by molar-refractivity contribution is 6.65. The lowest BCUT2D eigenvalue weighted by atomic mass is 9.75. The predicted molar refractivity (Wildman–Crippen MR) is 97.5 cm³/mol. The van der Waals surface area contributed by atoms with Gasteiger partial charge < -0.3 is 18.8 Å². The summed E-state index contributed by atoms with van der Waals surface area (Å²) in [5.74, 6) is 1.57. The minimum atomic E-state index is -0.421. The molecule has 0 atom stereocenters. The second-order valence-corrected chi connectivity index (χ2v) is 7.34. The molecule has 24 heavy (non-hydrogen) atoms. The third-order valence-electron chi connectivity index (χ3n) is 5.17. The van der Waals surface area contributed by atoms with Gasteiger partial charge in [0.05, 0.1) is 30.8 Å². The Morgan fingerprint density at radius 1 is 0.875 bits per heavy atom. The molecule has 2 aromatic carbocycles. The number of hydrogen-bond donors (Lipinski definition) is 0. The molecule has 0 aromatic heterocycles. The summed E-state index contributed by atoms with van der Waals surface area (Å²) in [6.45, 7) is 10.3. The Morgan fingerprint density at radius 3 is 2.00 bits per heavy atom. The molecule has 0 N–H and O–H groups in total. The first-order valence-electron chi connectivity index (χ1n) is 8.21. The summed E-state index contributed by atoms with van der Waals surface area (Å²) in [6, 6.07) is 8.10. The maximum atomic E-state index is 6.24. The Balaban J connectivity index is 2.22. The lowest BCUT2D eigenvalue weighted by molar-refractivity contribution is 0.00578. The maximum Gasteiger partial charge on any atom is 0.495 e. The van der Waals surface area contributed by atoms with Crippen LogP contribution in [0.25, 0.3) is 10.8 Å². The molecule has 0 amide bonds. The van der Waals surface area contributed by atoms with Gasteiger partial charge in [-0.15, -0.1) is 0 Å². The first-order chi connectivity index (χ1) is 11.2. The van der Waals surface area contributed by atoms with Crippen LogP contribution in [-0.4, -0.2) is 32.5 Å². The Labute approximate surface area is 144 Å². The molecule has 128 valence electrons. The molecule has 2 aromatic rings. The van der Waals surface area contributed by atoms with Crippen LogP contribution >= 0.6 is 0 Å². The fourth-order valence-corrected chi connectivity index (χ4v) is 3.08. The van der Waals surface area contributed by atoms with Gasteiger partial charge in [0.2, 0.25) is 0 Å². The van der Waals surface area contributed by atoms with E-state index in [4.69, 9.17) is 18.8 Å². The molecule has 0 radical (unpaired) electrons. The normalized spacial score (nSPS) is 18.9. The average molecular weight is 328 g/mol. The molecule has 1 fully saturated rings. The standard InChI is InChI=1S/C19H25BO4/c1-12-10-13-14(20-23-18(2,3)19(4,5)24-20)8-9-15(21-6)17(13)16(11-12)22-7/h8-11H,1-7H3. The van der Waals surface area contributed by atoms with Crippen molar-refractivity contribution in [3.05, 3.63) is 29.8 Å². The van der Waals surface area contributed by atoms with Gasteiger partial charge in [0.25, 0.3) is 0 Å². The monoisotopic (exact) mass is 328 g/mol. The molecule has 5 heteroatoms. The SMILES string of the molecule is COc1ccc(B2OC(C)(C)C(C)(C)O2)c2cc(C)cc(OC)c12. The molecule has 1 aliphatic rings. The summed E-state index contributed by atoms with van der Waals surface area (Å²) in [6.07, 6.45) is 0. The van der Waals surface area contributed by atoms with Crippen LogP contribution in [0.2, 0.25) is 0 Å². The number of ether oxygens (including phenoxy) is 2. The number of aryl methyl sites for hydroxylation is 1.